The number of methoxy groups -OCH3 is 1. The molecule has 4 nitrogen and oxygen atoms in total. The van der Waals surface area contributed by atoms with Crippen molar-refractivity contribution in [3.63, 3.8) is 0 Å². The van der Waals surface area contributed by atoms with Crippen molar-refractivity contribution in [3.8, 4) is 0 Å². The van der Waals surface area contributed by atoms with Gasteiger partial charge in [-0.15, -0.1) is 0 Å². The number of nitrogens with one attached hydrogen (secondary N) is 1. The fraction of sp³-hybridized carbons (Fsp3) is 0.353. The van der Waals surface area contributed by atoms with Gasteiger partial charge in [0.25, 0.3) is 0 Å². The second-order valence-corrected chi connectivity index (χ2v) is 5.13. The van der Waals surface area contributed by atoms with E-state index in [1.54, 1.807) is 7.11 Å². The molecule has 21 heavy (non-hydrogen) atoms. The van der Waals surface area contributed by atoms with Crippen molar-refractivity contribution in [3.05, 3.63) is 65.9 Å². The molecule has 0 aliphatic rings. The predicted molar refractivity (Wildman–Crippen MR) is 83.7 cm³/mol. The lowest BCUT2D eigenvalue weighted by atomic mass is 10.2. The van der Waals surface area contributed by atoms with E-state index in [9.17, 15) is 0 Å². The molecule has 1 heterocycles. The minimum absolute atomic E-state index is 0.0158. The lowest BCUT2D eigenvalue weighted by Gasteiger charge is -2.16. The minimum Gasteiger partial charge on any atom is -0.377 e. The van der Waals surface area contributed by atoms with Crippen LogP contribution in [0.3, 0.4) is 0 Å². The van der Waals surface area contributed by atoms with Crippen molar-refractivity contribution in [2.45, 2.75) is 26.0 Å². The second kappa shape index (κ2) is 7.64. The number of aromatic nitrogens is 2. The summed E-state index contributed by atoms with van der Waals surface area (Å²) in [6.07, 6.45) is 6.79. The smallest absolute Gasteiger partial charge is 0.109 e. The van der Waals surface area contributed by atoms with Gasteiger partial charge < -0.3 is 14.6 Å². The van der Waals surface area contributed by atoms with E-state index in [0.29, 0.717) is 0 Å². The highest BCUT2D eigenvalue weighted by atomic mass is 16.5. The number of rotatable bonds is 7. The summed E-state index contributed by atoms with van der Waals surface area (Å²) in [6.45, 7) is 2.84. The molecular weight excluding hydrogens is 262 g/mol. The maximum Gasteiger partial charge on any atom is 0.109 e. The van der Waals surface area contributed by atoms with E-state index in [1.165, 1.54) is 5.56 Å². The molecule has 0 aliphatic heterocycles. The number of H-pyrrole nitrogens is 1. The summed E-state index contributed by atoms with van der Waals surface area (Å²) in [4.78, 5) is 9.70. The molecule has 111 valence electrons. The fourth-order valence-corrected chi connectivity index (χ4v) is 2.10. The van der Waals surface area contributed by atoms with Crippen LogP contribution in [-0.2, 0) is 17.7 Å². The van der Waals surface area contributed by atoms with Gasteiger partial charge in [-0.2, -0.15) is 0 Å². The molecule has 1 atom stereocenters. The number of hydrogen-bond donors (Lipinski definition) is 1. The van der Waals surface area contributed by atoms with Crippen molar-refractivity contribution in [1.82, 2.24) is 14.9 Å². The molecule has 0 bridgehead atoms. The van der Waals surface area contributed by atoms with Crippen LogP contribution < -0.4 is 0 Å². The third-order valence-electron chi connectivity index (χ3n) is 3.23. The molecule has 1 N–H and O–H groups in total. The van der Waals surface area contributed by atoms with Crippen LogP contribution in [0.4, 0.5) is 0 Å². The summed E-state index contributed by atoms with van der Waals surface area (Å²) in [7, 11) is 3.77. The highest BCUT2D eigenvalue weighted by Crippen LogP contribution is 2.06. The van der Waals surface area contributed by atoms with Crippen molar-refractivity contribution < 1.29 is 4.74 Å². The largest absolute Gasteiger partial charge is 0.377 e. The number of hydrogen-bond acceptors (Lipinski definition) is 3. The van der Waals surface area contributed by atoms with Gasteiger partial charge in [-0.3, -0.25) is 0 Å². The topological polar surface area (TPSA) is 41.1 Å². The first kappa shape index (κ1) is 15.3. The number of ether oxygens (including phenoxy) is 1. The van der Waals surface area contributed by atoms with E-state index < -0.39 is 0 Å². The van der Waals surface area contributed by atoms with Gasteiger partial charge in [-0.25, -0.2) is 4.98 Å². The Kier molecular flexibility index (Phi) is 5.58. The first-order valence-corrected chi connectivity index (χ1v) is 7.04. The molecule has 0 aliphatic carbocycles. The molecule has 0 saturated carbocycles. The Morgan fingerprint density at radius 2 is 2.19 bits per heavy atom. The second-order valence-electron chi connectivity index (χ2n) is 5.13. The third kappa shape index (κ3) is 5.08. The van der Waals surface area contributed by atoms with Crippen molar-refractivity contribution in [1.29, 1.82) is 0 Å². The average Bonchev–Trinajstić information content (AvgIpc) is 2.89. The monoisotopic (exact) mass is 284 g/mol. The zero-order valence-electron chi connectivity index (χ0n) is 12.8. The lowest BCUT2D eigenvalue weighted by Crippen LogP contribution is -2.15. The summed E-state index contributed by atoms with van der Waals surface area (Å²) < 4.78 is 5.49. The van der Waals surface area contributed by atoms with E-state index >= 15 is 0 Å². The van der Waals surface area contributed by atoms with Gasteiger partial charge in [0.05, 0.1) is 11.8 Å². The highest BCUT2D eigenvalue weighted by Gasteiger charge is 2.07. The predicted octanol–water partition coefficient (Wildman–Crippen LogP) is 2.72. The maximum atomic E-state index is 5.49. The van der Waals surface area contributed by atoms with Gasteiger partial charge >= 0.3 is 0 Å². The SMILES string of the molecule is COC(C=CN(C)Cc1cc[c]cc1)Cc1nc(C)c[nH]1. The molecule has 0 saturated heterocycles. The van der Waals surface area contributed by atoms with E-state index in [4.69, 9.17) is 4.74 Å². The van der Waals surface area contributed by atoms with Gasteiger partial charge in [0.15, 0.2) is 0 Å². The Balaban J connectivity index is 1.88. The molecule has 1 radical (unpaired) electrons. The Morgan fingerprint density at radius 3 is 2.81 bits per heavy atom. The van der Waals surface area contributed by atoms with Crippen LogP contribution in [0.1, 0.15) is 17.1 Å². The van der Waals surface area contributed by atoms with Crippen molar-refractivity contribution in [2.24, 2.45) is 0 Å². The summed E-state index contributed by atoms with van der Waals surface area (Å²) in [5.74, 6) is 0.949. The summed E-state index contributed by atoms with van der Waals surface area (Å²) >= 11 is 0. The Bertz CT molecular complexity index is 562. The zero-order chi connectivity index (χ0) is 15.1. The van der Waals surface area contributed by atoms with Gasteiger partial charge in [0.1, 0.15) is 5.82 Å². The Hall–Kier alpha value is -2.07. The Labute approximate surface area is 126 Å². The van der Waals surface area contributed by atoms with E-state index in [0.717, 1.165) is 24.5 Å². The molecule has 0 amide bonds. The van der Waals surface area contributed by atoms with E-state index in [2.05, 4.69) is 52.4 Å². The van der Waals surface area contributed by atoms with Crippen LogP contribution in [0.5, 0.6) is 0 Å². The van der Waals surface area contributed by atoms with Crippen LogP contribution in [-0.4, -0.2) is 35.1 Å². The average molecular weight is 284 g/mol. The molecule has 4 heteroatoms. The van der Waals surface area contributed by atoms with Gasteiger partial charge in [-0.1, -0.05) is 24.3 Å². The number of imidazole rings is 1. The summed E-state index contributed by atoms with van der Waals surface area (Å²) in [6, 6.07) is 11.0. The van der Waals surface area contributed by atoms with E-state index in [1.807, 2.05) is 25.3 Å². The highest BCUT2D eigenvalue weighted by molar-refractivity contribution is 5.14. The van der Waals surface area contributed by atoms with Gasteiger partial charge in [-0.05, 0) is 30.8 Å². The van der Waals surface area contributed by atoms with Crippen LogP contribution >= 0.6 is 0 Å². The lowest BCUT2D eigenvalue weighted by molar-refractivity contribution is 0.138. The normalized spacial score (nSPS) is 12.7. The van der Waals surface area contributed by atoms with Crippen LogP contribution in [0.25, 0.3) is 0 Å². The van der Waals surface area contributed by atoms with Gasteiger partial charge in [0.2, 0.25) is 0 Å². The number of nitrogens with zero attached hydrogens (tertiary/aromatic N) is 2. The fourth-order valence-electron chi connectivity index (χ4n) is 2.10. The van der Waals surface area contributed by atoms with Crippen LogP contribution in [0, 0.1) is 13.0 Å². The first-order chi connectivity index (χ1) is 10.2. The molecule has 1 aromatic carbocycles. The molecule has 2 rings (SSSR count). The zero-order valence-corrected chi connectivity index (χ0v) is 12.8. The molecule has 0 spiro atoms. The third-order valence-corrected chi connectivity index (χ3v) is 3.23. The maximum absolute atomic E-state index is 5.49. The van der Waals surface area contributed by atoms with Crippen LogP contribution in [0.2, 0.25) is 0 Å². The van der Waals surface area contributed by atoms with Crippen LogP contribution in [0.15, 0.2) is 42.7 Å². The quantitative estimate of drug-likeness (QED) is 0.850. The minimum atomic E-state index is 0.0158. The molecular formula is C17H22N3O. The molecule has 0 fully saturated rings. The molecule has 2 aromatic rings. The van der Waals surface area contributed by atoms with Gasteiger partial charge in [0, 0.05) is 33.3 Å². The summed E-state index contributed by atoms with van der Waals surface area (Å²) in [5, 5.41) is 0. The molecule has 1 aromatic heterocycles. The first-order valence-electron chi connectivity index (χ1n) is 7.04. The standard InChI is InChI=1S/C17H22N3O/c1-14-12-18-17(19-14)11-16(21-3)9-10-20(2)13-15-7-5-4-6-8-15/h5-10,12,16H,11,13H2,1-3H3,(H,18,19). The summed E-state index contributed by atoms with van der Waals surface area (Å²) in [5.41, 5.74) is 2.26. The Morgan fingerprint density at radius 1 is 1.43 bits per heavy atom. The van der Waals surface area contributed by atoms with Crippen molar-refractivity contribution >= 4 is 0 Å². The van der Waals surface area contributed by atoms with E-state index in [-0.39, 0.29) is 6.10 Å². The van der Waals surface area contributed by atoms with Crippen molar-refractivity contribution in [2.75, 3.05) is 14.2 Å². The number of benzene rings is 1. The number of aryl methyl sites for hydroxylation is 1. The number of aromatic amines is 1. The molecule has 1 unspecified atom stereocenters.